The first kappa shape index (κ1) is 17.4. The van der Waals surface area contributed by atoms with Crippen LogP contribution >= 0.6 is 0 Å². The molecule has 0 fully saturated rings. The fraction of sp³-hybridized carbons (Fsp3) is 0.318. The molecule has 136 valence electrons. The molecule has 27 heavy (non-hydrogen) atoms. The van der Waals surface area contributed by atoms with Crippen LogP contribution in [0.1, 0.15) is 53.1 Å². The van der Waals surface area contributed by atoms with Crippen LogP contribution in [-0.4, -0.2) is 24.5 Å². The summed E-state index contributed by atoms with van der Waals surface area (Å²) in [5.41, 5.74) is 7.83. The van der Waals surface area contributed by atoms with Gasteiger partial charge in [0, 0.05) is 24.5 Å². The summed E-state index contributed by atoms with van der Waals surface area (Å²) in [4.78, 5) is 14.7. The lowest BCUT2D eigenvalue weighted by molar-refractivity contribution is -0.109. The van der Waals surface area contributed by atoms with Gasteiger partial charge in [0.25, 0.3) is 0 Å². The van der Waals surface area contributed by atoms with Crippen molar-refractivity contribution in [2.45, 2.75) is 31.7 Å². The Kier molecular flexibility index (Phi) is 4.51. The van der Waals surface area contributed by atoms with Gasteiger partial charge in [-0.05, 0) is 78.3 Å². The van der Waals surface area contributed by atoms with Crippen LogP contribution in [0.2, 0.25) is 0 Å². The van der Waals surface area contributed by atoms with Crippen LogP contribution in [0.4, 0.5) is 0 Å². The molecule has 2 bridgehead atoms. The van der Waals surface area contributed by atoms with Gasteiger partial charge >= 0.3 is 0 Å². The Morgan fingerprint density at radius 1 is 1.33 bits per heavy atom. The first-order valence-corrected chi connectivity index (χ1v) is 9.28. The molecular weight excluding hydrogens is 336 g/mol. The first-order valence-electron chi connectivity index (χ1n) is 9.28. The molecule has 1 atom stereocenters. The SMILES string of the molecule is CC1(NCCCNC=O)CC(c2cc(C#N)c3cc2C3)=Cc2ccncc21. The fourth-order valence-electron chi connectivity index (χ4n) is 4.12. The van der Waals surface area contributed by atoms with E-state index in [2.05, 4.69) is 40.8 Å². The minimum atomic E-state index is -0.239. The van der Waals surface area contributed by atoms with Crippen molar-refractivity contribution < 1.29 is 4.79 Å². The number of nitrogens with zero attached hydrogens (tertiary/aromatic N) is 2. The molecule has 1 amide bonds. The maximum Gasteiger partial charge on any atom is 0.207 e. The summed E-state index contributed by atoms with van der Waals surface area (Å²) in [6, 6.07) is 8.56. The van der Waals surface area contributed by atoms with E-state index in [9.17, 15) is 10.1 Å². The van der Waals surface area contributed by atoms with Gasteiger partial charge in [-0.3, -0.25) is 9.78 Å². The largest absolute Gasteiger partial charge is 0.359 e. The molecule has 1 aromatic carbocycles. The molecule has 0 aliphatic heterocycles. The minimum absolute atomic E-state index is 0.239. The highest BCUT2D eigenvalue weighted by Gasteiger charge is 2.34. The molecule has 1 unspecified atom stereocenters. The molecule has 2 aromatic rings. The van der Waals surface area contributed by atoms with Gasteiger partial charge in [-0.15, -0.1) is 0 Å². The molecule has 3 aliphatic carbocycles. The van der Waals surface area contributed by atoms with E-state index in [0.29, 0.717) is 6.54 Å². The molecule has 0 radical (unpaired) electrons. The molecule has 0 saturated heterocycles. The van der Waals surface area contributed by atoms with Gasteiger partial charge < -0.3 is 10.6 Å². The summed E-state index contributed by atoms with van der Waals surface area (Å²) in [5, 5.41) is 15.8. The van der Waals surface area contributed by atoms with Crippen molar-refractivity contribution >= 4 is 18.1 Å². The number of hydrogen-bond donors (Lipinski definition) is 2. The van der Waals surface area contributed by atoms with Crippen LogP contribution in [-0.2, 0) is 16.8 Å². The van der Waals surface area contributed by atoms with Gasteiger partial charge in [-0.2, -0.15) is 5.26 Å². The summed E-state index contributed by atoms with van der Waals surface area (Å²) >= 11 is 0. The highest BCUT2D eigenvalue weighted by Crippen LogP contribution is 2.43. The van der Waals surface area contributed by atoms with E-state index in [4.69, 9.17) is 0 Å². The lowest BCUT2D eigenvalue weighted by atomic mass is 9.73. The van der Waals surface area contributed by atoms with Crippen molar-refractivity contribution in [1.82, 2.24) is 15.6 Å². The molecule has 1 heterocycles. The quantitative estimate of drug-likeness (QED) is 0.503. The topological polar surface area (TPSA) is 77.8 Å². The zero-order valence-electron chi connectivity index (χ0n) is 15.4. The van der Waals surface area contributed by atoms with Crippen molar-refractivity contribution in [2.24, 2.45) is 0 Å². The van der Waals surface area contributed by atoms with E-state index in [1.54, 1.807) is 0 Å². The number of rotatable bonds is 7. The predicted octanol–water partition coefficient (Wildman–Crippen LogP) is 2.74. The second-order valence-corrected chi connectivity index (χ2v) is 7.45. The number of benzene rings is 1. The van der Waals surface area contributed by atoms with Crippen LogP contribution in [0, 0.1) is 11.3 Å². The van der Waals surface area contributed by atoms with Gasteiger partial charge in [-0.25, -0.2) is 0 Å². The third-order valence-electron chi connectivity index (χ3n) is 5.60. The second kappa shape index (κ2) is 6.98. The molecule has 0 spiro atoms. The van der Waals surface area contributed by atoms with Crippen molar-refractivity contribution in [3.8, 4) is 6.07 Å². The number of amides is 1. The van der Waals surface area contributed by atoms with Gasteiger partial charge in [0.2, 0.25) is 6.41 Å². The Hall–Kier alpha value is -2.97. The predicted molar refractivity (Wildman–Crippen MR) is 105 cm³/mol. The molecule has 5 heteroatoms. The molecule has 5 rings (SSSR count). The third-order valence-corrected chi connectivity index (χ3v) is 5.60. The maximum atomic E-state index is 10.4. The highest BCUT2D eigenvalue weighted by atomic mass is 16.1. The van der Waals surface area contributed by atoms with E-state index in [1.165, 1.54) is 27.8 Å². The van der Waals surface area contributed by atoms with E-state index >= 15 is 0 Å². The van der Waals surface area contributed by atoms with Gasteiger partial charge in [0.15, 0.2) is 0 Å². The molecule has 5 nitrogen and oxygen atoms in total. The van der Waals surface area contributed by atoms with Gasteiger partial charge in [0.05, 0.1) is 11.6 Å². The maximum absolute atomic E-state index is 10.4. The first-order chi connectivity index (χ1) is 13.1. The summed E-state index contributed by atoms with van der Waals surface area (Å²) in [6.07, 6.45) is 9.33. The Bertz CT molecular complexity index is 973. The zero-order valence-corrected chi connectivity index (χ0v) is 15.4. The van der Waals surface area contributed by atoms with E-state index in [1.807, 2.05) is 24.5 Å². The lowest BCUT2D eigenvalue weighted by Gasteiger charge is -2.38. The zero-order chi connectivity index (χ0) is 18.9. The lowest BCUT2D eigenvalue weighted by Crippen LogP contribution is -2.42. The Morgan fingerprint density at radius 2 is 2.19 bits per heavy atom. The highest BCUT2D eigenvalue weighted by molar-refractivity contribution is 5.88. The Balaban J connectivity index is 1.65. The normalized spacial score (nSPS) is 19.3. The number of fused-ring (bicyclic) bond motifs is 3. The van der Waals surface area contributed by atoms with Crippen molar-refractivity contribution in [2.75, 3.05) is 13.1 Å². The van der Waals surface area contributed by atoms with Crippen molar-refractivity contribution in [1.29, 1.82) is 5.26 Å². The average molecular weight is 358 g/mol. The minimum Gasteiger partial charge on any atom is -0.359 e. The van der Waals surface area contributed by atoms with Crippen LogP contribution in [0.3, 0.4) is 0 Å². The Morgan fingerprint density at radius 3 is 2.96 bits per heavy atom. The van der Waals surface area contributed by atoms with Gasteiger partial charge in [0.1, 0.15) is 0 Å². The standard InChI is InChI=1S/C22H22N4O/c1-22(26-5-2-4-25-14-27)11-18(7-15-3-6-24-13-21(15)22)20-10-19(12-23)16-8-17(20)9-16/h3,6-8,10,13-14,26H,2,4-5,9,11H2,1H3,(H,25,27). The van der Waals surface area contributed by atoms with E-state index < -0.39 is 0 Å². The summed E-state index contributed by atoms with van der Waals surface area (Å²) in [6.45, 7) is 3.67. The smallest absolute Gasteiger partial charge is 0.207 e. The molecular formula is C22H22N4O. The summed E-state index contributed by atoms with van der Waals surface area (Å²) in [7, 11) is 0. The van der Waals surface area contributed by atoms with E-state index in [-0.39, 0.29) is 5.54 Å². The van der Waals surface area contributed by atoms with E-state index in [0.717, 1.165) is 43.3 Å². The number of carbonyl (C=O) groups excluding carboxylic acids is 1. The van der Waals surface area contributed by atoms with Crippen molar-refractivity contribution in [3.63, 3.8) is 0 Å². The summed E-state index contributed by atoms with van der Waals surface area (Å²) < 4.78 is 0. The number of nitrogens with one attached hydrogen (secondary N) is 2. The van der Waals surface area contributed by atoms with Gasteiger partial charge in [-0.1, -0.05) is 12.1 Å². The monoisotopic (exact) mass is 358 g/mol. The van der Waals surface area contributed by atoms with Crippen LogP contribution in [0.5, 0.6) is 0 Å². The van der Waals surface area contributed by atoms with Crippen LogP contribution < -0.4 is 10.6 Å². The number of hydrogen-bond acceptors (Lipinski definition) is 4. The number of carbonyl (C=O) groups is 1. The summed E-state index contributed by atoms with van der Waals surface area (Å²) in [5.74, 6) is 0. The molecule has 2 N–H and O–H groups in total. The van der Waals surface area contributed by atoms with Crippen molar-refractivity contribution in [3.05, 3.63) is 64.0 Å². The number of aromatic nitrogens is 1. The Labute approximate surface area is 159 Å². The van der Waals surface area contributed by atoms with Crippen LogP contribution in [0.25, 0.3) is 11.6 Å². The molecule has 0 saturated carbocycles. The average Bonchev–Trinajstić information content (AvgIpc) is 2.66. The molecule has 3 aliphatic rings. The third kappa shape index (κ3) is 3.13. The molecule has 1 aromatic heterocycles. The number of pyridine rings is 1. The second-order valence-electron chi connectivity index (χ2n) is 7.45. The van der Waals surface area contributed by atoms with Crippen LogP contribution in [0.15, 0.2) is 30.6 Å². The number of nitriles is 1. The fourth-order valence-corrected chi connectivity index (χ4v) is 4.12.